The molecular weight excluding hydrogens is 378 g/mol. The topological polar surface area (TPSA) is 60.2 Å². The third-order valence-electron chi connectivity index (χ3n) is 7.08. The first kappa shape index (κ1) is 21.3. The predicted octanol–water partition coefficient (Wildman–Crippen LogP) is 3.05. The highest BCUT2D eigenvalue weighted by molar-refractivity contribution is 5.82. The maximum Gasteiger partial charge on any atom is 0.336 e. The van der Waals surface area contributed by atoms with Gasteiger partial charge in [0.1, 0.15) is 11.3 Å². The summed E-state index contributed by atoms with van der Waals surface area (Å²) in [6, 6.07) is 6.59. The molecule has 2 aromatic rings. The average Bonchev–Trinajstić information content (AvgIpc) is 3.04. The lowest BCUT2D eigenvalue weighted by Crippen LogP contribution is -2.49. The molecule has 2 fully saturated rings. The SMILES string of the molecule is CCc1cc2c(CN3CCN(CCN4C(C)CCC4C)CC3)cc(=O)oc2cc1O. The van der Waals surface area contributed by atoms with Gasteiger partial charge in [-0.25, -0.2) is 4.79 Å². The molecule has 3 heterocycles. The minimum Gasteiger partial charge on any atom is -0.508 e. The molecule has 0 amide bonds. The van der Waals surface area contributed by atoms with Crippen LogP contribution in [-0.4, -0.2) is 71.2 Å². The number of likely N-dealkylation sites (tertiary alicyclic amines) is 1. The third kappa shape index (κ3) is 4.56. The van der Waals surface area contributed by atoms with Gasteiger partial charge in [-0.15, -0.1) is 0 Å². The normalized spacial score (nSPS) is 24.1. The second kappa shape index (κ2) is 9.08. The van der Waals surface area contributed by atoms with Crippen molar-refractivity contribution in [2.24, 2.45) is 0 Å². The Morgan fingerprint density at radius 3 is 2.30 bits per heavy atom. The first-order valence-electron chi connectivity index (χ1n) is 11.4. The zero-order valence-electron chi connectivity index (χ0n) is 18.6. The van der Waals surface area contributed by atoms with Crippen molar-refractivity contribution < 1.29 is 9.52 Å². The summed E-state index contributed by atoms with van der Waals surface area (Å²) in [5.74, 6) is 0.195. The molecule has 0 aliphatic carbocycles. The van der Waals surface area contributed by atoms with Gasteiger partial charge in [0.05, 0.1) is 0 Å². The molecule has 2 unspecified atom stereocenters. The van der Waals surface area contributed by atoms with E-state index in [2.05, 4.69) is 28.5 Å². The van der Waals surface area contributed by atoms with Crippen molar-refractivity contribution in [1.82, 2.24) is 14.7 Å². The molecular formula is C24H35N3O3. The smallest absolute Gasteiger partial charge is 0.336 e. The second-order valence-corrected chi connectivity index (χ2v) is 9.05. The maximum absolute atomic E-state index is 12.0. The fraction of sp³-hybridized carbons (Fsp3) is 0.625. The van der Waals surface area contributed by atoms with Crippen LogP contribution in [0.4, 0.5) is 0 Å². The molecule has 2 saturated heterocycles. The summed E-state index contributed by atoms with van der Waals surface area (Å²) in [5.41, 5.74) is 1.99. The Morgan fingerprint density at radius 1 is 0.967 bits per heavy atom. The summed E-state index contributed by atoms with van der Waals surface area (Å²) in [5, 5.41) is 11.1. The van der Waals surface area contributed by atoms with Crippen LogP contribution in [0.2, 0.25) is 0 Å². The van der Waals surface area contributed by atoms with Crippen molar-refractivity contribution in [3.8, 4) is 5.75 Å². The number of hydrogen-bond donors (Lipinski definition) is 1. The number of nitrogens with zero attached hydrogens (tertiary/aromatic N) is 3. The summed E-state index contributed by atoms with van der Waals surface area (Å²) < 4.78 is 5.34. The van der Waals surface area contributed by atoms with Gasteiger partial charge in [0.2, 0.25) is 0 Å². The number of phenolic OH excluding ortho intramolecular Hbond substituents is 1. The van der Waals surface area contributed by atoms with Crippen molar-refractivity contribution in [2.45, 2.75) is 58.7 Å². The zero-order chi connectivity index (χ0) is 21.3. The number of fused-ring (bicyclic) bond motifs is 1. The van der Waals surface area contributed by atoms with Gasteiger partial charge in [0.25, 0.3) is 0 Å². The summed E-state index contributed by atoms with van der Waals surface area (Å²) in [7, 11) is 0. The molecule has 1 aromatic heterocycles. The third-order valence-corrected chi connectivity index (χ3v) is 7.08. The van der Waals surface area contributed by atoms with E-state index in [1.54, 1.807) is 12.1 Å². The van der Waals surface area contributed by atoms with E-state index in [0.717, 1.165) is 68.7 Å². The van der Waals surface area contributed by atoms with Crippen LogP contribution >= 0.6 is 0 Å². The van der Waals surface area contributed by atoms with Crippen molar-refractivity contribution in [2.75, 3.05) is 39.3 Å². The second-order valence-electron chi connectivity index (χ2n) is 9.05. The summed E-state index contributed by atoms with van der Waals surface area (Å²) in [6.45, 7) is 13.9. The molecule has 2 aliphatic heterocycles. The Kier molecular flexibility index (Phi) is 6.46. The highest BCUT2D eigenvalue weighted by atomic mass is 16.4. The Bertz CT molecular complexity index is 923. The van der Waals surface area contributed by atoms with Crippen LogP contribution in [-0.2, 0) is 13.0 Å². The van der Waals surface area contributed by atoms with Gasteiger partial charge in [0, 0.05) is 75.4 Å². The molecule has 0 radical (unpaired) electrons. The first-order valence-corrected chi connectivity index (χ1v) is 11.4. The first-order chi connectivity index (χ1) is 14.4. The standard InChI is InChI=1S/C24H35N3O3/c1-4-19-13-21-20(14-24(29)30-23(21)15-22(19)28)16-26-9-7-25(8-10-26)11-12-27-17(2)5-6-18(27)3/h13-15,17-18,28H,4-12,16H2,1-3H3. The molecule has 4 rings (SSSR count). The van der Waals surface area contributed by atoms with Gasteiger partial charge in [-0.1, -0.05) is 6.92 Å². The Balaban J connectivity index is 1.38. The molecule has 2 atom stereocenters. The van der Waals surface area contributed by atoms with Crippen LogP contribution in [0, 0.1) is 0 Å². The van der Waals surface area contributed by atoms with Crippen molar-refractivity contribution in [3.05, 3.63) is 39.7 Å². The van der Waals surface area contributed by atoms with E-state index < -0.39 is 0 Å². The minimum atomic E-state index is -0.353. The van der Waals surface area contributed by atoms with Crippen LogP contribution in [0.3, 0.4) is 0 Å². The largest absolute Gasteiger partial charge is 0.508 e. The molecule has 30 heavy (non-hydrogen) atoms. The van der Waals surface area contributed by atoms with E-state index in [4.69, 9.17) is 4.42 Å². The van der Waals surface area contributed by atoms with Crippen LogP contribution in [0.25, 0.3) is 11.0 Å². The van der Waals surface area contributed by atoms with Crippen LogP contribution < -0.4 is 5.63 Å². The van der Waals surface area contributed by atoms with Crippen LogP contribution in [0.5, 0.6) is 5.75 Å². The average molecular weight is 414 g/mol. The Labute approximate surface area is 179 Å². The van der Waals surface area contributed by atoms with Gasteiger partial charge < -0.3 is 9.52 Å². The highest BCUT2D eigenvalue weighted by Crippen LogP contribution is 2.28. The summed E-state index contributed by atoms with van der Waals surface area (Å²) in [4.78, 5) is 19.7. The van der Waals surface area contributed by atoms with Crippen LogP contribution in [0.15, 0.2) is 27.4 Å². The Hall–Kier alpha value is -1.89. The predicted molar refractivity (Wildman–Crippen MR) is 120 cm³/mol. The van der Waals surface area contributed by atoms with E-state index in [1.807, 2.05) is 13.0 Å². The van der Waals surface area contributed by atoms with Crippen molar-refractivity contribution >= 4 is 11.0 Å². The lowest BCUT2D eigenvalue weighted by atomic mass is 10.0. The van der Waals surface area contributed by atoms with Crippen molar-refractivity contribution in [3.63, 3.8) is 0 Å². The number of phenols is 1. The number of benzene rings is 1. The molecule has 6 nitrogen and oxygen atoms in total. The minimum absolute atomic E-state index is 0.195. The van der Waals surface area contributed by atoms with E-state index in [9.17, 15) is 9.90 Å². The molecule has 1 aromatic carbocycles. The van der Waals surface area contributed by atoms with E-state index in [1.165, 1.54) is 12.8 Å². The quantitative estimate of drug-likeness (QED) is 0.735. The van der Waals surface area contributed by atoms with Crippen molar-refractivity contribution in [1.29, 1.82) is 0 Å². The van der Waals surface area contributed by atoms with E-state index in [0.29, 0.717) is 17.7 Å². The highest BCUT2D eigenvalue weighted by Gasteiger charge is 2.27. The molecule has 1 N–H and O–H groups in total. The van der Waals surface area contributed by atoms with Gasteiger partial charge in [-0.2, -0.15) is 0 Å². The lowest BCUT2D eigenvalue weighted by molar-refractivity contribution is 0.106. The lowest BCUT2D eigenvalue weighted by Gasteiger charge is -2.36. The van der Waals surface area contributed by atoms with Crippen LogP contribution in [0.1, 0.15) is 44.7 Å². The number of piperazine rings is 1. The zero-order valence-corrected chi connectivity index (χ0v) is 18.6. The fourth-order valence-corrected chi connectivity index (χ4v) is 5.08. The fourth-order valence-electron chi connectivity index (χ4n) is 5.08. The molecule has 164 valence electrons. The summed E-state index contributed by atoms with van der Waals surface area (Å²) in [6.07, 6.45) is 3.39. The number of rotatable bonds is 6. The van der Waals surface area contributed by atoms with E-state index in [-0.39, 0.29) is 11.4 Å². The molecule has 0 spiro atoms. The summed E-state index contributed by atoms with van der Waals surface area (Å²) >= 11 is 0. The van der Waals surface area contributed by atoms with E-state index >= 15 is 0 Å². The number of aromatic hydroxyl groups is 1. The van der Waals surface area contributed by atoms with Gasteiger partial charge in [-0.3, -0.25) is 14.7 Å². The number of hydrogen-bond acceptors (Lipinski definition) is 6. The molecule has 2 aliphatic rings. The Morgan fingerprint density at radius 2 is 1.63 bits per heavy atom. The van der Waals surface area contributed by atoms with Gasteiger partial charge in [0.15, 0.2) is 0 Å². The molecule has 0 saturated carbocycles. The van der Waals surface area contributed by atoms with Gasteiger partial charge >= 0.3 is 5.63 Å². The monoisotopic (exact) mass is 413 g/mol. The molecule has 0 bridgehead atoms. The number of aryl methyl sites for hydroxylation is 1. The maximum atomic E-state index is 12.0. The van der Waals surface area contributed by atoms with Gasteiger partial charge in [-0.05, 0) is 50.3 Å². The molecule has 6 heteroatoms.